The maximum Gasteiger partial charge on any atom is 0.329 e. The van der Waals surface area contributed by atoms with Crippen molar-refractivity contribution in [1.29, 1.82) is 0 Å². The molecule has 1 aromatic carbocycles. The summed E-state index contributed by atoms with van der Waals surface area (Å²) in [6.07, 6.45) is 0.551. The van der Waals surface area contributed by atoms with Crippen LogP contribution >= 0.6 is 23.8 Å². The second-order valence-corrected chi connectivity index (χ2v) is 5.36. The van der Waals surface area contributed by atoms with Crippen LogP contribution in [0, 0.1) is 6.92 Å². The van der Waals surface area contributed by atoms with Gasteiger partial charge in [-0.2, -0.15) is 0 Å². The number of hydrogen-bond acceptors (Lipinski definition) is 3. The molecule has 1 fully saturated rings. The van der Waals surface area contributed by atoms with Crippen molar-refractivity contribution in [2.24, 2.45) is 0 Å². The minimum absolute atomic E-state index is 0.0688. The summed E-state index contributed by atoms with van der Waals surface area (Å²) in [6.45, 7) is 3.76. The number of ether oxygens (including phenoxy) is 1. The Kier molecular flexibility index (Phi) is 4.27. The topological polar surface area (TPSA) is 50.4 Å². The number of nitrogens with one attached hydrogen (secondary N) is 2. The fraction of sp³-hybridized carbons (Fsp3) is 0.385. The van der Waals surface area contributed by atoms with E-state index in [4.69, 9.17) is 28.6 Å². The standard InChI is InChI=1S/C13H15ClN2O2S/c1-7-6-11(12(17)18-7)16-13(19)15-10-5-3-4-9(14)8(10)2/h3-5,7,11H,6H2,1-2H3,(H2,15,16,19)/t7-,11-/m1/s1. The van der Waals surface area contributed by atoms with Crippen molar-refractivity contribution in [2.45, 2.75) is 32.4 Å². The molecule has 0 unspecified atom stereocenters. The van der Waals surface area contributed by atoms with E-state index < -0.39 is 0 Å². The van der Waals surface area contributed by atoms with E-state index in [1.165, 1.54) is 0 Å². The first-order valence-corrected chi connectivity index (χ1v) is 6.79. The second kappa shape index (κ2) is 5.75. The van der Waals surface area contributed by atoms with E-state index in [9.17, 15) is 4.79 Å². The van der Waals surface area contributed by atoms with Crippen LogP contribution in [0.4, 0.5) is 5.69 Å². The van der Waals surface area contributed by atoms with Gasteiger partial charge in [0.25, 0.3) is 0 Å². The Labute approximate surface area is 122 Å². The van der Waals surface area contributed by atoms with Crippen molar-refractivity contribution in [3.63, 3.8) is 0 Å². The van der Waals surface area contributed by atoms with E-state index in [0.29, 0.717) is 16.6 Å². The van der Waals surface area contributed by atoms with Gasteiger partial charge in [0, 0.05) is 17.1 Å². The fourth-order valence-corrected chi connectivity index (χ4v) is 2.36. The number of carbonyl (C=O) groups excluding carboxylic acids is 1. The summed E-state index contributed by atoms with van der Waals surface area (Å²) in [4.78, 5) is 11.5. The Morgan fingerprint density at radius 2 is 2.26 bits per heavy atom. The normalized spacial score (nSPS) is 21.9. The van der Waals surface area contributed by atoms with Crippen molar-refractivity contribution in [1.82, 2.24) is 5.32 Å². The average Bonchev–Trinajstić information content (AvgIpc) is 2.64. The molecule has 102 valence electrons. The monoisotopic (exact) mass is 298 g/mol. The second-order valence-electron chi connectivity index (χ2n) is 4.55. The molecule has 1 aliphatic rings. The highest BCUT2D eigenvalue weighted by Gasteiger charge is 2.32. The van der Waals surface area contributed by atoms with Crippen molar-refractivity contribution >= 4 is 40.6 Å². The maximum atomic E-state index is 11.5. The molecule has 0 aromatic heterocycles. The van der Waals surface area contributed by atoms with Gasteiger partial charge < -0.3 is 15.4 Å². The fourth-order valence-electron chi connectivity index (χ4n) is 1.93. The lowest BCUT2D eigenvalue weighted by Crippen LogP contribution is -2.40. The van der Waals surface area contributed by atoms with Crippen LogP contribution in [-0.4, -0.2) is 23.2 Å². The third-order valence-electron chi connectivity index (χ3n) is 2.99. The highest BCUT2D eigenvalue weighted by molar-refractivity contribution is 7.80. The zero-order chi connectivity index (χ0) is 14.0. The summed E-state index contributed by atoms with van der Waals surface area (Å²) < 4.78 is 5.06. The van der Waals surface area contributed by atoms with Gasteiger partial charge in [0.2, 0.25) is 0 Å². The summed E-state index contributed by atoms with van der Waals surface area (Å²) in [6, 6.07) is 5.15. The molecular formula is C13H15ClN2O2S. The number of cyclic esters (lactones) is 1. The minimum Gasteiger partial charge on any atom is -0.461 e. The molecule has 2 rings (SSSR count). The lowest BCUT2D eigenvalue weighted by molar-refractivity contribution is -0.142. The van der Waals surface area contributed by atoms with Crippen LogP contribution in [0.1, 0.15) is 18.9 Å². The Morgan fingerprint density at radius 1 is 1.53 bits per heavy atom. The number of benzene rings is 1. The summed E-state index contributed by atoms with van der Waals surface area (Å²) in [5.41, 5.74) is 1.74. The van der Waals surface area contributed by atoms with Gasteiger partial charge in [0.1, 0.15) is 12.1 Å². The highest BCUT2D eigenvalue weighted by Crippen LogP contribution is 2.23. The van der Waals surface area contributed by atoms with E-state index in [1.54, 1.807) is 0 Å². The quantitative estimate of drug-likeness (QED) is 0.649. The van der Waals surface area contributed by atoms with Crippen LogP contribution < -0.4 is 10.6 Å². The van der Waals surface area contributed by atoms with Crippen LogP contribution in [0.3, 0.4) is 0 Å². The van der Waals surface area contributed by atoms with Crippen molar-refractivity contribution in [2.75, 3.05) is 5.32 Å². The van der Waals surface area contributed by atoms with E-state index in [0.717, 1.165) is 11.3 Å². The van der Waals surface area contributed by atoms with Crippen LogP contribution in [0.25, 0.3) is 0 Å². The number of carbonyl (C=O) groups is 1. The van der Waals surface area contributed by atoms with Crippen molar-refractivity contribution in [3.05, 3.63) is 28.8 Å². The van der Waals surface area contributed by atoms with Crippen LogP contribution in [0.2, 0.25) is 5.02 Å². The van der Waals surface area contributed by atoms with E-state index in [2.05, 4.69) is 10.6 Å². The van der Waals surface area contributed by atoms with Gasteiger partial charge in [-0.25, -0.2) is 4.79 Å². The first-order chi connectivity index (χ1) is 8.97. The molecule has 0 aliphatic carbocycles. The third kappa shape index (κ3) is 3.36. The summed E-state index contributed by atoms with van der Waals surface area (Å²) in [5.74, 6) is -0.264. The largest absolute Gasteiger partial charge is 0.461 e. The number of hydrogen-bond donors (Lipinski definition) is 2. The van der Waals surface area contributed by atoms with Gasteiger partial charge in [-0.1, -0.05) is 17.7 Å². The third-order valence-corrected chi connectivity index (χ3v) is 3.62. The first-order valence-electron chi connectivity index (χ1n) is 6.00. The molecule has 4 nitrogen and oxygen atoms in total. The maximum absolute atomic E-state index is 11.5. The number of thiocarbonyl (C=S) groups is 1. The Bertz CT molecular complexity index is 521. The molecule has 1 saturated heterocycles. The molecule has 1 heterocycles. The Balaban J connectivity index is 1.98. The molecule has 1 aliphatic heterocycles. The zero-order valence-electron chi connectivity index (χ0n) is 10.7. The molecule has 2 N–H and O–H groups in total. The van der Waals surface area contributed by atoms with E-state index in [1.807, 2.05) is 32.0 Å². The Hall–Kier alpha value is -1.33. The molecule has 19 heavy (non-hydrogen) atoms. The van der Waals surface area contributed by atoms with Gasteiger partial charge in [0.05, 0.1) is 0 Å². The molecule has 0 amide bonds. The average molecular weight is 299 g/mol. The summed E-state index contributed by atoms with van der Waals surface area (Å²) in [5, 5.41) is 7.06. The molecular weight excluding hydrogens is 284 g/mol. The number of esters is 1. The summed E-state index contributed by atoms with van der Waals surface area (Å²) in [7, 11) is 0. The predicted octanol–water partition coefficient (Wildman–Crippen LogP) is 2.64. The zero-order valence-corrected chi connectivity index (χ0v) is 12.3. The molecule has 0 spiro atoms. The van der Waals surface area contributed by atoms with Gasteiger partial charge in [0.15, 0.2) is 5.11 Å². The number of halogens is 1. The molecule has 0 saturated carbocycles. The number of rotatable bonds is 2. The SMILES string of the molecule is Cc1c(Cl)cccc1NC(=S)N[C@@H]1C[C@@H](C)OC1=O. The molecule has 6 heteroatoms. The van der Waals surface area contributed by atoms with Gasteiger partial charge >= 0.3 is 5.97 Å². The lowest BCUT2D eigenvalue weighted by Gasteiger charge is -2.15. The molecule has 2 atom stereocenters. The van der Waals surface area contributed by atoms with Gasteiger partial charge in [-0.15, -0.1) is 0 Å². The van der Waals surface area contributed by atoms with Gasteiger partial charge in [-0.05, 0) is 43.8 Å². The predicted molar refractivity (Wildman–Crippen MR) is 79.5 cm³/mol. The molecule has 0 radical (unpaired) electrons. The lowest BCUT2D eigenvalue weighted by atomic mass is 10.2. The molecule has 0 bridgehead atoms. The van der Waals surface area contributed by atoms with Gasteiger partial charge in [-0.3, -0.25) is 0 Å². The first kappa shape index (κ1) is 14.1. The van der Waals surface area contributed by atoms with Crippen molar-refractivity contribution < 1.29 is 9.53 Å². The summed E-state index contributed by atoms with van der Waals surface area (Å²) >= 11 is 11.2. The van der Waals surface area contributed by atoms with Crippen LogP contribution in [-0.2, 0) is 9.53 Å². The smallest absolute Gasteiger partial charge is 0.329 e. The van der Waals surface area contributed by atoms with Crippen LogP contribution in [0.5, 0.6) is 0 Å². The van der Waals surface area contributed by atoms with Crippen molar-refractivity contribution in [3.8, 4) is 0 Å². The highest BCUT2D eigenvalue weighted by atomic mass is 35.5. The Morgan fingerprint density at radius 3 is 2.89 bits per heavy atom. The van der Waals surface area contributed by atoms with E-state index in [-0.39, 0.29) is 18.1 Å². The number of anilines is 1. The van der Waals surface area contributed by atoms with Crippen LogP contribution in [0.15, 0.2) is 18.2 Å². The van der Waals surface area contributed by atoms with E-state index >= 15 is 0 Å². The minimum atomic E-state index is -0.380. The molecule has 1 aromatic rings.